The van der Waals surface area contributed by atoms with Crippen LogP contribution >= 0.6 is 17.0 Å². The van der Waals surface area contributed by atoms with Gasteiger partial charge in [-0.15, -0.1) is 17.0 Å². The summed E-state index contributed by atoms with van der Waals surface area (Å²) in [7, 11) is 0. The fraction of sp³-hybridized carbons (Fsp3) is 0.481. The van der Waals surface area contributed by atoms with Crippen molar-refractivity contribution in [2.24, 2.45) is 11.8 Å². The first-order valence-electron chi connectivity index (χ1n) is 11.9. The molecule has 1 saturated heterocycles. The van der Waals surface area contributed by atoms with Crippen LogP contribution in [0.15, 0.2) is 42.5 Å². The molecule has 3 aliphatic carbocycles. The molecule has 2 heterocycles. The summed E-state index contributed by atoms with van der Waals surface area (Å²) < 4.78 is 0. The molecule has 7 rings (SSSR count). The van der Waals surface area contributed by atoms with Crippen LogP contribution in [0.2, 0.25) is 0 Å². The summed E-state index contributed by atoms with van der Waals surface area (Å²) in [6.07, 6.45) is 8.90. The smallest absolute Gasteiger partial charge is 0.115 e. The Hall–Kier alpha value is -1.78. The predicted octanol–water partition coefficient (Wildman–Crippen LogP) is 5.53. The number of benzene rings is 2. The lowest BCUT2D eigenvalue weighted by atomic mass is 9.52. The zero-order valence-electron chi connectivity index (χ0n) is 17.9. The zero-order valence-corrected chi connectivity index (χ0v) is 19.7. The topological polar surface area (TPSA) is 39.3 Å². The van der Waals surface area contributed by atoms with Crippen LogP contribution in [0.1, 0.15) is 48.1 Å². The molecule has 2 bridgehead atoms. The number of halogens is 1. The van der Waals surface area contributed by atoms with Gasteiger partial charge in [0.15, 0.2) is 0 Å². The Morgan fingerprint density at radius 1 is 1.10 bits per heavy atom. The van der Waals surface area contributed by atoms with E-state index in [9.17, 15) is 5.11 Å². The number of para-hydroxylation sites is 1. The largest absolute Gasteiger partial charge is 0.508 e. The molecule has 0 amide bonds. The van der Waals surface area contributed by atoms with Crippen LogP contribution in [0.25, 0.3) is 10.9 Å². The number of phenols is 1. The number of nitrogens with zero attached hydrogens (tertiary/aromatic N) is 1. The molecule has 31 heavy (non-hydrogen) atoms. The second-order valence-electron chi connectivity index (χ2n) is 10.4. The second-order valence-corrected chi connectivity index (χ2v) is 10.4. The molecule has 3 atom stereocenters. The molecule has 162 valence electrons. The highest BCUT2D eigenvalue weighted by Crippen LogP contribution is 2.56. The highest BCUT2D eigenvalue weighted by atomic mass is 79.9. The average Bonchev–Trinajstić information content (AvgIpc) is 3.08. The molecule has 2 fully saturated rings. The van der Waals surface area contributed by atoms with Gasteiger partial charge in [-0.1, -0.05) is 30.7 Å². The van der Waals surface area contributed by atoms with Gasteiger partial charge < -0.3 is 10.1 Å². The first-order valence-corrected chi connectivity index (χ1v) is 11.9. The first kappa shape index (κ1) is 19.9. The Morgan fingerprint density at radius 2 is 1.97 bits per heavy atom. The number of rotatable bonds is 2. The lowest BCUT2D eigenvalue weighted by molar-refractivity contribution is -0.00774. The van der Waals surface area contributed by atoms with E-state index in [0.717, 1.165) is 18.8 Å². The molecule has 4 aliphatic rings. The van der Waals surface area contributed by atoms with Gasteiger partial charge in [-0.3, -0.25) is 4.90 Å². The Morgan fingerprint density at radius 3 is 2.81 bits per heavy atom. The molecule has 0 radical (unpaired) electrons. The number of fused-ring (bicyclic) bond motifs is 4. The summed E-state index contributed by atoms with van der Waals surface area (Å²) in [4.78, 5) is 6.64. The number of phenolic OH excluding ortho intramolecular Hbond substituents is 1. The fourth-order valence-corrected chi connectivity index (χ4v) is 7.41. The van der Waals surface area contributed by atoms with Gasteiger partial charge >= 0.3 is 0 Å². The third-order valence-corrected chi connectivity index (χ3v) is 9.08. The van der Waals surface area contributed by atoms with Gasteiger partial charge in [0.05, 0.1) is 0 Å². The van der Waals surface area contributed by atoms with Gasteiger partial charge in [0, 0.05) is 34.6 Å². The third kappa shape index (κ3) is 2.80. The van der Waals surface area contributed by atoms with Gasteiger partial charge in [-0.05, 0) is 91.8 Å². The van der Waals surface area contributed by atoms with E-state index in [1.807, 2.05) is 6.07 Å². The monoisotopic (exact) mass is 478 g/mol. The maximum atomic E-state index is 10.4. The second kappa shape index (κ2) is 7.11. The number of nitrogens with one attached hydrogen (secondary N) is 1. The Bertz CT molecular complexity index is 1150. The minimum absolute atomic E-state index is 0. The molecule has 2 aromatic carbocycles. The minimum atomic E-state index is 0. The summed E-state index contributed by atoms with van der Waals surface area (Å²) in [6, 6.07) is 15.7. The Labute approximate surface area is 194 Å². The minimum Gasteiger partial charge on any atom is -0.508 e. The van der Waals surface area contributed by atoms with Gasteiger partial charge in [0.2, 0.25) is 0 Å². The van der Waals surface area contributed by atoms with Crippen molar-refractivity contribution in [1.29, 1.82) is 0 Å². The number of aromatic nitrogens is 1. The first-order chi connectivity index (χ1) is 14.7. The number of hydrogen-bond acceptors (Lipinski definition) is 2. The molecule has 3 aromatic rings. The van der Waals surface area contributed by atoms with Crippen LogP contribution in [-0.2, 0) is 24.7 Å². The third-order valence-electron chi connectivity index (χ3n) is 9.08. The van der Waals surface area contributed by atoms with Crippen LogP contribution in [0.3, 0.4) is 0 Å². The fourth-order valence-electron chi connectivity index (χ4n) is 7.41. The van der Waals surface area contributed by atoms with Crippen LogP contribution in [0.5, 0.6) is 5.75 Å². The quantitative estimate of drug-likeness (QED) is 0.507. The van der Waals surface area contributed by atoms with Crippen molar-refractivity contribution >= 4 is 27.9 Å². The molecular formula is C27H31BrN2O. The van der Waals surface area contributed by atoms with E-state index in [0.29, 0.717) is 17.7 Å². The van der Waals surface area contributed by atoms with E-state index in [4.69, 9.17) is 0 Å². The molecule has 1 saturated carbocycles. The molecule has 3 nitrogen and oxygen atoms in total. The van der Waals surface area contributed by atoms with Crippen molar-refractivity contribution in [3.05, 3.63) is 64.8 Å². The van der Waals surface area contributed by atoms with Crippen molar-refractivity contribution in [2.75, 3.05) is 13.1 Å². The van der Waals surface area contributed by atoms with Gasteiger partial charge in [-0.25, -0.2) is 0 Å². The molecular weight excluding hydrogens is 448 g/mol. The summed E-state index contributed by atoms with van der Waals surface area (Å²) in [5.41, 5.74) is 7.37. The van der Waals surface area contributed by atoms with Crippen molar-refractivity contribution in [2.45, 2.75) is 56.4 Å². The molecule has 4 heteroatoms. The molecule has 0 unspecified atom stereocenters. The van der Waals surface area contributed by atoms with E-state index >= 15 is 0 Å². The standard InChI is InChI=1S/C27H30N2O.BrH/c30-19-9-8-18-12-26-23-14-21-20-6-1-2-7-24(20)28-25(21)15-27(23,22(18)13-19)10-11-29(26)16-17-4-3-5-17;/h1-2,6-9,13,17,23,26,28,30H,3-5,10-12,14-16H2;1H/t23-,26+,27+;/m0./s1. The zero-order chi connectivity index (χ0) is 19.9. The summed E-state index contributed by atoms with van der Waals surface area (Å²) >= 11 is 0. The Balaban J connectivity index is 0.00000185. The van der Waals surface area contributed by atoms with Crippen LogP contribution in [0.4, 0.5) is 0 Å². The number of piperidine rings is 1. The van der Waals surface area contributed by atoms with Crippen LogP contribution in [-0.4, -0.2) is 34.1 Å². The lowest BCUT2D eigenvalue weighted by Gasteiger charge is -2.59. The van der Waals surface area contributed by atoms with E-state index < -0.39 is 0 Å². The maximum Gasteiger partial charge on any atom is 0.115 e. The lowest BCUT2D eigenvalue weighted by Crippen LogP contribution is -2.63. The summed E-state index contributed by atoms with van der Waals surface area (Å²) in [5, 5.41) is 11.8. The van der Waals surface area contributed by atoms with E-state index in [1.165, 1.54) is 72.9 Å². The SMILES string of the molecule is Br.Oc1ccc2c(c1)[C@]13CCN(CC4CCC4)[C@H](C2)[C@@H]1Cc1c([nH]c2ccccc12)C3. The number of aromatic amines is 1. The average molecular weight is 479 g/mol. The number of aromatic hydroxyl groups is 1. The molecule has 2 N–H and O–H groups in total. The molecule has 1 aliphatic heterocycles. The predicted molar refractivity (Wildman–Crippen MR) is 130 cm³/mol. The number of hydrogen-bond donors (Lipinski definition) is 2. The van der Waals surface area contributed by atoms with Gasteiger partial charge in [0.25, 0.3) is 0 Å². The molecule has 1 aromatic heterocycles. The molecule has 0 spiro atoms. The number of likely N-dealkylation sites (tertiary alicyclic amines) is 1. The van der Waals surface area contributed by atoms with Crippen molar-refractivity contribution in [3.63, 3.8) is 0 Å². The van der Waals surface area contributed by atoms with Crippen molar-refractivity contribution in [1.82, 2.24) is 9.88 Å². The number of H-pyrrole nitrogens is 1. The van der Waals surface area contributed by atoms with E-state index in [1.54, 1.807) is 5.56 Å². The van der Waals surface area contributed by atoms with Crippen LogP contribution < -0.4 is 0 Å². The van der Waals surface area contributed by atoms with Crippen molar-refractivity contribution < 1.29 is 5.11 Å². The Kier molecular flexibility index (Phi) is 4.56. The normalized spacial score (nSPS) is 29.4. The highest BCUT2D eigenvalue weighted by Gasteiger charge is 2.55. The van der Waals surface area contributed by atoms with E-state index in [-0.39, 0.29) is 22.4 Å². The van der Waals surface area contributed by atoms with E-state index in [2.05, 4.69) is 46.3 Å². The summed E-state index contributed by atoms with van der Waals surface area (Å²) in [5.74, 6) is 2.00. The summed E-state index contributed by atoms with van der Waals surface area (Å²) in [6.45, 7) is 2.51. The maximum absolute atomic E-state index is 10.4. The highest BCUT2D eigenvalue weighted by molar-refractivity contribution is 8.93. The van der Waals surface area contributed by atoms with Crippen molar-refractivity contribution in [3.8, 4) is 5.75 Å². The van der Waals surface area contributed by atoms with Crippen LogP contribution in [0, 0.1) is 11.8 Å². The van der Waals surface area contributed by atoms with Gasteiger partial charge in [-0.2, -0.15) is 0 Å². The van der Waals surface area contributed by atoms with Gasteiger partial charge in [0.1, 0.15) is 5.75 Å².